The second-order valence-corrected chi connectivity index (χ2v) is 17.7. The summed E-state index contributed by atoms with van der Waals surface area (Å²) in [6.07, 6.45) is 13.3. The number of nitrogens with zero attached hydrogens (tertiary/aromatic N) is 2. The monoisotopic (exact) mass is 924 g/mol. The summed E-state index contributed by atoms with van der Waals surface area (Å²) >= 11 is 0. The Morgan fingerprint density at radius 2 is 1.33 bits per heavy atom. The number of benzene rings is 2. The van der Waals surface area contributed by atoms with Crippen LogP contribution in [0, 0.1) is 5.92 Å². The molecule has 66 heavy (non-hydrogen) atoms. The third kappa shape index (κ3) is 16.9. The third-order valence-electron chi connectivity index (χ3n) is 11.9. The molecule has 1 heterocycles. The van der Waals surface area contributed by atoms with E-state index in [4.69, 9.17) is 5.73 Å². The Balaban J connectivity index is 1.66. The normalized spacial score (nSPS) is 17.1. The van der Waals surface area contributed by atoms with E-state index < -0.39 is 79.0 Å². The Labute approximate surface area is 388 Å². The van der Waals surface area contributed by atoms with Crippen molar-refractivity contribution < 1.29 is 54.0 Å². The van der Waals surface area contributed by atoms with E-state index in [2.05, 4.69) is 28.2 Å². The average molecular weight is 924 g/mol. The number of aromatic hydroxyl groups is 2. The summed E-state index contributed by atoms with van der Waals surface area (Å²) in [6.45, 7) is 4.35. The maximum absolute atomic E-state index is 14.2. The van der Waals surface area contributed by atoms with E-state index in [1.54, 1.807) is 13.8 Å². The molecule has 0 saturated heterocycles. The lowest BCUT2D eigenvalue weighted by Gasteiger charge is -2.31. The zero-order chi connectivity index (χ0) is 48.9. The molecular formula is C48H73N7O11. The largest absolute Gasteiger partial charge is 0.507 e. The molecule has 2 aromatic carbocycles. The maximum atomic E-state index is 14.2. The lowest BCUT2D eigenvalue weighted by molar-refractivity contribution is -0.143. The molecule has 0 fully saturated rings. The van der Waals surface area contributed by atoms with E-state index in [0.29, 0.717) is 12.0 Å². The number of rotatable bonds is 25. The van der Waals surface area contributed by atoms with Crippen molar-refractivity contribution in [1.29, 1.82) is 0 Å². The quantitative estimate of drug-likeness (QED) is 0.0509. The number of aliphatic carboxylic acids is 1. The number of carboxylic acid groups (broad SMARTS) is 1. The first-order chi connectivity index (χ1) is 31.4. The minimum atomic E-state index is -1.71. The lowest BCUT2D eigenvalue weighted by Crippen LogP contribution is -2.59. The van der Waals surface area contributed by atoms with Gasteiger partial charge in [-0.1, -0.05) is 110 Å². The van der Waals surface area contributed by atoms with Gasteiger partial charge in [-0.25, -0.2) is 4.79 Å². The molecule has 10 N–H and O–H groups in total. The number of fused-ring (bicyclic) bond motifs is 5. The molecule has 18 heteroatoms. The fraction of sp³-hybridized carbons (Fsp3) is 0.604. The van der Waals surface area contributed by atoms with Crippen LogP contribution in [-0.2, 0) is 40.0 Å². The van der Waals surface area contributed by atoms with Gasteiger partial charge in [0.25, 0.3) is 5.91 Å². The van der Waals surface area contributed by atoms with E-state index in [1.807, 2.05) is 0 Å². The summed E-state index contributed by atoms with van der Waals surface area (Å²) in [5, 5.41) is 51.6. The molecule has 0 saturated carbocycles. The van der Waals surface area contributed by atoms with Crippen LogP contribution >= 0.6 is 0 Å². The van der Waals surface area contributed by atoms with Gasteiger partial charge in [0.05, 0.1) is 13.2 Å². The third-order valence-corrected chi connectivity index (χ3v) is 11.9. The molecule has 0 aliphatic carbocycles. The topological polar surface area (TPSA) is 281 Å². The van der Waals surface area contributed by atoms with Gasteiger partial charge in [-0.05, 0) is 54.2 Å². The number of aliphatic hydroxyl groups excluding tert-OH is 1. The van der Waals surface area contributed by atoms with Crippen LogP contribution in [0.5, 0.6) is 11.5 Å². The van der Waals surface area contributed by atoms with Crippen LogP contribution in [0.4, 0.5) is 0 Å². The summed E-state index contributed by atoms with van der Waals surface area (Å²) in [7, 11) is 2.65. The van der Waals surface area contributed by atoms with Crippen molar-refractivity contribution in [3.05, 3.63) is 47.5 Å². The van der Waals surface area contributed by atoms with Crippen molar-refractivity contribution in [2.24, 2.45) is 11.7 Å². The predicted molar refractivity (Wildman–Crippen MR) is 248 cm³/mol. The first kappa shape index (κ1) is 54.6. The molecule has 366 valence electrons. The Hall–Kier alpha value is -5.75. The van der Waals surface area contributed by atoms with Crippen molar-refractivity contribution in [2.45, 2.75) is 154 Å². The Morgan fingerprint density at radius 3 is 1.89 bits per heavy atom. The minimum absolute atomic E-state index is 0.0559. The number of carbonyl (C=O) groups is 7. The van der Waals surface area contributed by atoms with Gasteiger partial charge in [-0.15, -0.1) is 0 Å². The van der Waals surface area contributed by atoms with Gasteiger partial charge < -0.3 is 57.2 Å². The molecule has 0 aromatic heterocycles. The number of likely N-dealkylation sites (N-methyl/N-ethyl adjacent to an activating group) is 2. The van der Waals surface area contributed by atoms with Crippen molar-refractivity contribution in [1.82, 2.24) is 31.1 Å². The van der Waals surface area contributed by atoms with Crippen LogP contribution in [-0.4, -0.2) is 123 Å². The number of hydrogen-bond acceptors (Lipinski definition) is 11. The van der Waals surface area contributed by atoms with Crippen molar-refractivity contribution in [3.8, 4) is 22.6 Å². The van der Waals surface area contributed by atoms with Gasteiger partial charge in [0, 0.05) is 38.1 Å². The summed E-state index contributed by atoms with van der Waals surface area (Å²) in [5.74, 6) is -6.79. The standard InChI is InChI=1S/C48H73N7O11/c1-6-7-8-9-10-11-12-13-14-15-16-17-18-19-40(59)54(4)37(29-56)45(62)53-43(49)47(64)50-28-41(60)55(5)42-32-21-23-39(58)34(27-32)33-25-31(20-22-38(33)57)26-36(48(65)66)52-44(61)35(24-30(2)3)51-46(42)63/h20-23,25,27,30,35-37,42-43,56-58H,6-19,24,26,28-29,49H2,1-5H3,(H,50,64)(H,51,63)(H,52,61)(H,53,62)(H,65,66). The second kappa shape index (κ2) is 27.7. The van der Waals surface area contributed by atoms with E-state index in [-0.39, 0.29) is 59.3 Å². The van der Waals surface area contributed by atoms with Crippen LogP contribution in [0.1, 0.15) is 134 Å². The highest BCUT2D eigenvalue weighted by Crippen LogP contribution is 2.39. The summed E-state index contributed by atoms with van der Waals surface area (Å²) in [4.78, 5) is 95.1. The number of phenolic OH excluding ortho intramolecular Hbond substituents is 2. The molecule has 1 aliphatic rings. The molecule has 2 aromatic rings. The number of hydrogen-bond donors (Lipinski definition) is 9. The summed E-state index contributed by atoms with van der Waals surface area (Å²) < 4.78 is 0. The van der Waals surface area contributed by atoms with Crippen LogP contribution < -0.4 is 27.0 Å². The zero-order valence-electron chi connectivity index (χ0n) is 39.3. The summed E-state index contributed by atoms with van der Waals surface area (Å²) in [5.41, 5.74) is 6.67. The molecule has 4 bridgehead atoms. The molecule has 0 spiro atoms. The number of aliphatic hydroxyl groups is 1. The predicted octanol–water partition coefficient (Wildman–Crippen LogP) is 3.74. The highest BCUT2D eigenvalue weighted by atomic mass is 16.4. The van der Waals surface area contributed by atoms with Gasteiger partial charge in [-0.3, -0.25) is 28.8 Å². The van der Waals surface area contributed by atoms with Crippen LogP contribution in [0.3, 0.4) is 0 Å². The number of phenols is 2. The van der Waals surface area contributed by atoms with Crippen LogP contribution in [0.2, 0.25) is 0 Å². The SMILES string of the molecule is CCCCCCCCCCCCCCCC(=O)N(C)C(CO)C(=O)NC(N)C(=O)NCC(=O)N(C)C1C(=O)NC(CC(C)C)C(=O)NC(C(=O)O)Cc2ccc(O)c(c2)-c2cc1ccc2O. The Bertz CT molecular complexity index is 1960. The smallest absolute Gasteiger partial charge is 0.326 e. The summed E-state index contributed by atoms with van der Waals surface area (Å²) in [6, 6.07) is 2.74. The van der Waals surface area contributed by atoms with E-state index in [1.165, 1.54) is 102 Å². The number of nitrogens with two attached hydrogens (primary N) is 1. The van der Waals surface area contributed by atoms with Gasteiger partial charge in [0.15, 0.2) is 6.17 Å². The molecule has 3 rings (SSSR count). The number of amides is 6. The molecule has 5 unspecified atom stereocenters. The fourth-order valence-electron chi connectivity index (χ4n) is 7.96. The van der Waals surface area contributed by atoms with Gasteiger partial charge >= 0.3 is 5.97 Å². The van der Waals surface area contributed by atoms with Crippen molar-refractivity contribution in [2.75, 3.05) is 27.2 Å². The second-order valence-electron chi connectivity index (χ2n) is 17.7. The number of nitrogens with one attached hydrogen (secondary N) is 4. The lowest BCUT2D eigenvalue weighted by atomic mass is 9.93. The van der Waals surface area contributed by atoms with Gasteiger partial charge in [0.2, 0.25) is 29.5 Å². The van der Waals surface area contributed by atoms with Crippen LogP contribution in [0.25, 0.3) is 11.1 Å². The zero-order valence-corrected chi connectivity index (χ0v) is 39.3. The molecule has 6 amide bonds. The highest BCUT2D eigenvalue weighted by molar-refractivity contribution is 5.96. The van der Waals surface area contributed by atoms with Crippen molar-refractivity contribution in [3.63, 3.8) is 0 Å². The molecular weight excluding hydrogens is 851 g/mol. The first-order valence-electron chi connectivity index (χ1n) is 23.3. The van der Waals surface area contributed by atoms with E-state index >= 15 is 0 Å². The highest BCUT2D eigenvalue weighted by Gasteiger charge is 2.35. The van der Waals surface area contributed by atoms with E-state index in [9.17, 15) is 54.0 Å². The van der Waals surface area contributed by atoms with Gasteiger partial charge in [0.1, 0.15) is 35.7 Å². The maximum Gasteiger partial charge on any atom is 0.326 e. The van der Waals surface area contributed by atoms with E-state index in [0.717, 1.165) is 35.5 Å². The number of carbonyl (C=O) groups excluding carboxylic acids is 6. The number of carboxylic acids is 1. The average Bonchev–Trinajstić information content (AvgIpc) is 3.27. The minimum Gasteiger partial charge on any atom is -0.507 e. The molecule has 18 nitrogen and oxygen atoms in total. The van der Waals surface area contributed by atoms with Crippen molar-refractivity contribution >= 4 is 41.4 Å². The molecule has 0 radical (unpaired) electrons. The van der Waals surface area contributed by atoms with Gasteiger partial charge in [-0.2, -0.15) is 0 Å². The molecule has 5 atom stereocenters. The fourth-order valence-corrected chi connectivity index (χ4v) is 7.96. The Kier molecular flexibility index (Phi) is 22.9. The van der Waals surface area contributed by atoms with Crippen LogP contribution in [0.15, 0.2) is 36.4 Å². The first-order valence-corrected chi connectivity index (χ1v) is 23.3. The number of unbranched alkanes of at least 4 members (excludes halogenated alkanes) is 12. The Morgan fingerprint density at radius 1 is 0.773 bits per heavy atom. The molecule has 1 aliphatic heterocycles.